The molecule has 2 aromatic carbocycles. The van der Waals surface area contributed by atoms with E-state index in [0.29, 0.717) is 5.69 Å². The van der Waals surface area contributed by atoms with Crippen molar-refractivity contribution in [1.29, 1.82) is 0 Å². The first-order valence-corrected chi connectivity index (χ1v) is 7.67. The molecule has 4 nitrogen and oxygen atoms in total. The van der Waals surface area contributed by atoms with Crippen molar-refractivity contribution >= 4 is 17.1 Å². The molecule has 0 aromatic heterocycles. The van der Waals surface area contributed by atoms with Crippen molar-refractivity contribution in [1.82, 2.24) is 0 Å². The van der Waals surface area contributed by atoms with E-state index in [2.05, 4.69) is 41.7 Å². The number of nitrogens with zero attached hydrogens (tertiary/aromatic N) is 1. The number of nitrogens with one attached hydrogen (secondary N) is 1. The van der Waals surface area contributed by atoms with Crippen LogP contribution in [-0.2, 0) is 0 Å². The van der Waals surface area contributed by atoms with Gasteiger partial charge in [-0.15, -0.1) is 0 Å². The van der Waals surface area contributed by atoms with E-state index >= 15 is 0 Å². The molecule has 1 aliphatic carbocycles. The smallest absolute Gasteiger partial charge is 0.292 e. The predicted molar refractivity (Wildman–Crippen MR) is 91.3 cm³/mol. The van der Waals surface area contributed by atoms with Gasteiger partial charge in [0.05, 0.1) is 4.92 Å². The van der Waals surface area contributed by atoms with Crippen molar-refractivity contribution in [2.75, 3.05) is 5.32 Å². The summed E-state index contributed by atoms with van der Waals surface area (Å²) in [4.78, 5) is 11.1. The van der Waals surface area contributed by atoms with Crippen LogP contribution in [0.2, 0.25) is 0 Å². The highest BCUT2D eigenvalue weighted by Crippen LogP contribution is 2.48. The van der Waals surface area contributed by atoms with Gasteiger partial charge in [0.1, 0.15) is 5.69 Å². The van der Waals surface area contributed by atoms with Gasteiger partial charge < -0.3 is 5.32 Å². The fourth-order valence-corrected chi connectivity index (χ4v) is 3.42. The molecule has 1 atom stereocenters. The van der Waals surface area contributed by atoms with Crippen LogP contribution in [0.1, 0.15) is 29.0 Å². The number of aryl methyl sites for hydroxylation is 1. The molecule has 0 radical (unpaired) electrons. The number of nitro benzene ring substituents is 1. The number of anilines is 1. The molecule has 2 aliphatic rings. The Morgan fingerprint density at radius 1 is 1.17 bits per heavy atom. The van der Waals surface area contributed by atoms with Gasteiger partial charge in [0.2, 0.25) is 0 Å². The summed E-state index contributed by atoms with van der Waals surface area (Å²) in [5, 5.41) is 14.7. The minimum Gasteiger partial charge on any atom is -0.349 e. The number of allylic oxidation sites excluding steroid dienone is 3. The number of para-hydroxylation sites is 1. The Morgan fingerprint density at radius 2 is 1.96 bits per heavy atom. The lowest BCUT2D eigenvalue weighted by Gasteiger charge is -2.27. The van der Waals surface area contributed by atoms with Gasteiger partial charge in [0.25, 0.3) is 5.69 Å². The van der Waals surface area contributed by atoms with Crippen LogP contribution in [0.3, 0.4) is 0 Å². The fraction of sp³-hybridized carbons (Fsp3) is 0.158. The minimum atomic E-state index is -0.314. The molecule has 0 saturated heterocycles. The summed E-state index contributed by atoms with van der Waals surface area (Å²) in [6.07, 6.45) is 5.17. The quantitative estimate of drug-likeness (QED) is 0.641. The van der Waals surface area contributed by atoms with Crippen molar-refractivity contribution < 1.29 is 4.92 Å². The van der Waals surface area contributed by atoms with Crippen LogP contribution in [0, 0.1) is 17.0 Å². The molecular formula is C19H16N2O2. The molecule has 4 heteroatoms. The van der Waals surface area contributed by atoms with Crippen LogP contribution in [0.25, 0.3) is 5.70 Å². The van der Waals surface area contributed by atoms with Crippen LogP contribution >= 0.6 is 0 Å². The minimum absolute atomic E-state index is 0.137. The van der Waals surface area contributed by atoms with Gasteiger partial charge in [-0.3, -0.25) is 10.1 Å². The highest BCUT2D eigenvalue weighted by Gasteiger charge is 2.33. The zero-order valence-electron chi connectivity index (χ0n) is 12.7. The van der Waals surface area contributed by atoms with Gasteiger partial charge in [-0.1, -0.05) is 54.1 Å². The molecule has 1 heterocycles. The van der Waals surface area contributed by atoms with Crippen molar-refractivity contribution in [3.05, 3.63) is 87.0 Å². The van der Waals surface area contributed by atoms with E-state index < -0.39 is 0 Å². The predicted octanol–water partition coefficient (Wildman–Crippen LogP) is 4.78. The molecule has 0 saturated carbocycles. The SMILES string of the molecule is Cc1ccc(C2=C3C=CCC3c3cccc([N+](=O)[O-])c3N2)cc1. The van der Waals surface area contributed by atoms with Crippen molar-refractivity contribution in [2.45, 2.75) is 19.3 Å². The summed E-state index contributed by atoms with van der Waals surface area (Å²) in [5.74, 6) is 0.197. The highest BCUT2D eigenvalue weighted by molar-refractivity contribution is 5.90. The van der Waals surface area contributed by atoms with Crippen LogP contribution in [-0.4, -0.2) is 4.92 Å². The summed E-state index contributed by atoms with van der Waals surface area (Å²) >= 11 is 0. The van der Waals surface area contributed by atoms with E-state index in [1.807, 2.05) is 13.0 Å². The molecular weight excluding hydrogens is 288 g/mol. The Morgan fingerprint density at radius 3 is 2.70 bits per heavy atom. The second kappa shape index (κ2) is 5.09. The van der Waals surface area contributed by atoms with Gasteiger partial charge in [-0.05, 0) is 30.0 Å². The van der Waals surface area contributed by atoms with Crippen LogP contribution < -0.4 is 5.32 Å². The Kier molecular flexibility index (Phi) is 3.05. The van der Waals surface area contributed by atoms with Crippen molar-refractivity contribution in [3.63, 3.8) is 0 Å². The Hall–Kier alpha value is -2.88. The van der Waals surface area contributed by atoms with Gasteiger partial charge >= 0.3 is 0 Å². The first kappa shape index (κ1) is 13.8. The number of hydrogen-bond donors (Lipinski definition) is 1. The third-order valence-corrected chi connectivity index (χ3v) is 4.57. The van der Waals surface area contributed by atoms with Crippen molar-refractivity contribution in [2.24, 2.45) is 0 Å². The third-order valence-electron chi connectivity index (χ3n) is 4.57. The fourth-order valence-electron chi connectivity index (χ4n) is 3.42. The standard InChI is InChI=1S/C19H16N2O2/c1-12-8-10-13(11-9-12)18-15-5-2-4-14(15)16-6-3-7-17(21(22)23)19(16)20-18/h2-3,5-11,14,20H,4H2,1H3. The average Bonchev–Trinajstić information content (AvgIpc) is 3.04. The topological polar surface area (TPSA) is 55.2 Å². The number of fused-ring (bicyclic) bond motifs is 3. The van der Waals surface area contributed by atoms with E-state index in [4.69, 9.17) is 0 Å². The van der Waals surface area contributed by atoms with E-state index in [9.17, 15) is 10.1 Å². The van der Waals surface area contributed by atoms with Gasteiger partial charge in [0, 0.05) is 17.7 Å². The van der Waals surface area contributed by atoms with E-state index in [-0.39, 0.29) is 16.5 Å². The largest absolute Gasteiger partial charge is 0.349 e. The lowest BCUT2D eigenvalue weighted by Crippen LogP contribution is -2.15. The van der Waals surface area contributed by atoms with E-state index in [1.54, 1.807) is 12.1 Å². The number of rotatable bonds is 2. The molecule has 23 heavy (non-hydrogen) atoms. The second-order valence-corrected chi connectivity index (χ2v) is 6.01. The Balaban J connectivity index is 1.90. The molecule has 1 N–H and O–H groups in total. The molecule has 114 valence electrons. The summed E-state index contributed by atoms with van der Waals surface area (Å²) < 4.78 is 0. The molecule has 0 fully saturated rings. The molecule has 0 spiro atoms. The van der Waals surface area contributed by atoms with Crippen LogP contribution in [0.4, 0.5) is 11.4 Å². The first-order valence-electron chi connectivity index (χ1n) is 7.67. The maximum absolute atomic E-state index is 11.4. The zero-order chi connectivity index (χ0) is 16.0. The zero-order valence-corrected chi connectivity index (χ0v) is 12.7. The highest BCUT2D eigenvalue weighted by atomic mass is 16.6. The summed E-state index contributed by atoms with van der Waals surface area (Å²) in [5.41, 5.74) is 6.22. The lowest BCUT2D eigenvalue weighted by atomic mass is 9.85. The first-order chi connectivity index (χ1) is 11.1. The van der Waals surface area contributed by atoms with Gasteiger partial charge in [-0.2, -0.15) is 0 Å². The van der Waals surface area contributed by atoms with Gasteiger partial charge in [-0.25, -0.2) is 0 Å². The van der Waals surface area contributed by atoms with Crippen LogP contribution in [0.5, 0.6) is 0 Å². The maximum atomic E-state index is 11.4. The summed E-state index contributed by atoms with van der Waals surface area (Å²) in [7, 11) is 0. The molecule has 1 aliphatic heterocycles. The maximum Gasteiger partial charge on any atom is 0.292 e. The molecule has 1 unspecified atom stereocenters. The van der Waals surface area contributed by atoms with Gasteiger partial charge in [0.15, 0.2) is 0 Å². The lowest BCUT2D eigenvalue weighted by molar-refractivity contribution is -0.384. The average molecular weight is 304 g/mol. The second-order valence-electron chi connectivity index (χ2n) is 6.01. The number of benzene rings is 2. The molecule has 0 bridgehead atoms. The van der Waals surface area contributed by atoms with E-state index in [1.165, 1.54) is 11.1 Å². The number of hydrogen-bond acceptors (Lipinski definition) is 3. The summed E-state index contributed by atoms with van der Waals surface area (Å²) in [6.45, 7) is 2.05. The normalized spacial score (nSPS) is 18.4. The monoisotopic (exact) mass is 304 g/mol. The molecule has 0 amide bonds. The number of nitro groups is 1. The molecule has 2 aromatic rings. The van der Waals surface area contributed by atoms with Crippen molar-refractivity contribution in [3.8, 4) is 0 Å². The van der Waals surface area contributed by atoms with E-state index in [0.717, 1.165) is 23.2 Å². The summed E-state index contributed by atoms with van der Waals surface area (Å²) in [6, 6.07) is 13.6. The Labute approximate surface area is 134 Å². The van der Waals surface area contributed by atoms with Crippen LogP contribution in [0.15, 0.2) is 60.2 Å². The molecule has 4 rings (SSSR count). The Bertz CT molecular complexity index is 863. The third kappa shape index (κ3) is 2.14.